The van der Waals surface area contributed by atoms with Gasteiger partial charge in [0.2, 0.25) is 0 Å². The van der Waals surface area contributed by atoms with E-state index in [1.807, 2.05) is 48.5 Å². The van der Waals surface area contributed by atoms with Crippen LogP contribution < -0.4 is 0 Å². The molecule has 5 heterocycles. The fraction of sp³-hybridized carbons (Fsp3) is 0. The highest BCUT2D eigenvalue weighted by Crippen LogP contribution is 2.41. The molecule has 12 rings (SSSR count). The van der Waals surface area contributed by atoms with E-state index in [1.54, 1.807) is 12.4 Å². The van der Waals surface area contributed by atoms with Gasteiger partial charge >= 0.3 is 0 Å². The lowest BCUT2D eigenvalue weighted by molar-refractivity contribution is 0.667. The minimum Gasteiger partial charge on any atom is -0.456 e. The molecule has 5 aromatic heterocycles. The monoisotopic (exact) mass is 705 g/mol. The summed E-state index contributed by atoms with van der Waals surface area (Å²) in [5.41, 5.74) is 9.06. The molecule has 0 spiro atoms. The number of para-hydroxylation sites is 3. The second-order valence-corrected chi connectivity index (χ2v) is 13.8. The van der Waals surface area contributed by atoms with Crippen molar-refractivity contribution < 1.29 is 8.83 Å². The van der Waals surface area contributed by atoms with E-state index >= 15 is 0 Å². The molecule has 55 heavy (non-hydrogen) atoms. The highest BCUT2D eigenvalue weighted by Gasteiger charge is 2.22. The van der Waals surface area contributed by atoms with Crippen molar-refractivity contribution in [2.24, 2.45) is 0 Å². The number of nitrogens with zero attached hydrogens (tertiary/aromatic N) is 5. The summed E-state index contributed by atoms with van der Waals surface area (Å²) in [4.78, 5) is 20.2. The third-order valence-corrected chi connectivity index (χ3v) is 10.8. The van der Waals surface area contributed by atoms with Crippen LogP contribution in [0.3, 0.4) is 0 Å². The third kappa shape index (κ3) is 4.38. The number of benzene rings is 7. The molecule has 0 bridgehead atoms. The highest BCUT2D eigenvalue weighted by atomic mass is 16.3. The number of hydrogen-bond donors (Lipinski definition) is 0. The van der Waals surface area contributed by atoms with Crippen molar-refractivity contribution in [2.75, 3.05) is 0 Å². The van der Waals surface area contributed by atoms with Gasteiger partial charge in [0.1, 0.15) is 16.7 Å². The zero-order chi connectivity index (χ0) is 36.0. The van der Waals surface area contributed by atoms with Gasteiger partial charge in [-0.05, 0) is 53.9 Å². The van der Waals surface area contributed by atoms with Crippen LogP contribution >= 0.6 is 0 Å². The molecular weight excluding hydrogens is 679 g/mol. The number of furan rings is 2. The Kier molecular flexibility index (Phi) is 6.21. The van der Waals surface area contributed by atoms with Crippen LogP contribution in [-0.4, -0.2) is 24.5 Å². The van der Waals surface area contributed by atoms with Gasteiger partial charge in [0, 0.05) is 60.6 Å². The van der Waals surface area contributed by atoms with Gasteiger partial charge in [-0.1, -0.05) is 103 Å². The fourth-order valence-electron chi connectivity index (χ4n) is 8.42. The maximum atomic E-state index is 6.32. The molecule has 0 saturated carbocycles. The molecule has 0 saturated heterocycles. The molecule has 256 valence electrons. The Balaban J connectivity index is 1.16. The quantitative estimate of drug-likeness (QED) is 0.181. The van der Waals surface area contributed by atoms with Gasteiger partial charge in [0.05, 0.1) is 22.9 Å². The molecule has 7 aromatic carbocycles. The van der Waals surface area contributed by atoms with E-state index in [-0.39, 0.29) is 0 Å². The molecule has 0 N–H and O–H groups in total. The van der Waals surface area contributed by atoms with Crippen molar-refractivity contribution >= 4 is 76.5 Å². The van der Waals surface area contributed by atoms with Crippen molar-refractivity contribution in [1.29, 1.82) is 0 Å². The van der Waals surface area contributed by atoms with Crippen molar-refractivity contribution in [3.05, 3.63) is 164 Å². The fourth-order valence-corrected chi connectivity index (χ4v) is 8.42. The Morgan fingerprint density at radius 3 is 1.55 bits per heavy atom. The van der Waals surface area contributed by atoms with Gasteiger partial charge in [-0.3, -0.25) is 4.98 Å². The highest BCUT2D eigenvalue weighted by molar-refractivity contribution is 6.14. The SMILES string of the molecule is c1ccc2c(c1)oc1cccc(-c3nc(-c4ccc(-n5c6ccccc6c6ccccc65)c5ccccc45)nc(-c4cccc5oc6cnccc6c45)n3)c12. The largest absolute Gasteiger partial charge is 0.456 e. The van der Waals surface area contributed by atoms with Crippen LogP contribution in [0.1, 0.15) is 0 Å². The van der Waals surface area contributed by atoms with Crippen LogP contribution in [0.25, 0.3) is 116 Å². The molecule has 0 amide bonds. The molecule has 0 unspecified atom stereocenters. The summed E-state index contributed by atoms with van der Waals surface area (Å²) in [6.07, 6.45) is 3.53. The van der Waals surface area contributed by atoms with Crippen LogP contribution in [0.15, 0.2) is 173 Å². The van der Waals surface area contributed by atoms with Crippen molar-refractivity contribution in [2.45, 2.75) is 0 Å². The molecule has 0 radical (unpaired) electrons. The first-order valence-electron chi connectivity index (χ1n) is 18.2. The molecule has 0 aliphatic carbocycles. The van der Waals surface area contributed by atoms with Gasteiger partial charge in [-0.25, -0.2) is 15.0 Å². The minimum absolute atomic E-state index is 0.547. The first-order valence-corrected chi connectivity index (χ1v) is 18.2. The maximum absolute atomic E-state index is 6.32. The Morgan fingerprint density at radius 2 is 0.873 bits per heavy atom. The molecular formula is C48H27N5O2. The Morgan fingerprint density at radius 1 is 0.364 bits per heavy atom. The first-order chi connectivity index (χ1) is 27.3. The molecule has 7 heteroatoms. The van der Waals surface area contributed by atoms with Gasteiger partial charge in [-0.15, -0.1) is 0 Å². The van der Waals surface area contributed by atoms with Gasteiger partial charge in [0.25, 0.3) is 0 Å². The second kappa shape index (κ2) is 11.4. The number of fused-ring (bicyclic) bond motifs is 10. The lowest BCUT2D eigenvalue weighted by atomic mass is 10.0. The van der Waals surface area contributed by atoms with Crippen LogP contribution in [0, 0.1) is 0 Å². The smallest absolute Gasteiger partial charge is 0.164 e. The zero-order valence-electron chi connectivity index (χ0n) is 29.1. The average Bonchev–Trinajstić information content (AvgIpc) is 3.93. The number of hydrogen-bond acceptors (Lipinski definition) is 6. The summed E-state index contributed by atoms with van der Waals surface area (Å²) in [6.45, 7) is 0. The van der Waals surface area contributed by atoms with E-state index in [2.05, 4.69) is 113 Å². The van der Waals surface area contributed by atoms with Crippen molar-refractivity contribution in [1.82, 2.24) is 24.5 Å². The normalized spacial score (nSPS) is 12.0. The first kappa shape index (κ1) is 29.9. The summed E-state index contributed by atoms with van der Waals surface area (Å²) < 4.78 is 14.9. The summed E-state index contributed by atoms with van der Waals surface area (Å²) in [6, 6.07) is 52.2. The number of pyridine rings is 1. The third-order valence-electron chi connectivity index (χ3n) is 10.8. The molecule has 0 aliphatic rings. The standard InChI is InChI=1S/C48H27N5O2/c1-2-12-29-28(11-1)32(23-24-39(29)53-37-18-6-3-13-30(37)31-14-4-7-19-38(31)53)46-50-47(35-16-9-21-41-44(35)33-15-5-8-20-40(33)54-41)52-48(51-46)36-17-10-22-42-45(36)34-25-26-49-27-43(34)55-42/h1-27H. The predicted molar refractivity (Wildman–Crippen MR) is 220 cm³/mol. The van der Waals surface area contributed by atoms with E-state index in [0.29, 0.717) is 23.1 Å². The van der Waals surface area contributed by atoms with Crippen LogP contribution in [0.5, 0.6) is 0 Å². The van der Waals surface area contributed by atoms with Crippen molar-refractivity contribution in [3.8, 4) is 39.9 Å². The Bertz CT molecular complexity index is 3330. The van der Waals surface area contributed by atoms with Crippen molar-refractivity contribution in [3.63, 3.8) is 0 Å². The molecule has 0 atom stereocenters. The summed E-state index contributed by atoms with van der Waals surface area (Å²) in [5.74, 6) is 1.67. The van der Waals surface area contributed by atoms with Gasteiger partial charge < -0.3 is 13.4 Å². The number of rotatable bonds is 4. The minimum atomic E-state index is 0.547. The van der Waals surface area contributed by atoms with E-state index in [1.165, 1.54) is 10.8 Å². The number of aromatic nitrogens is 5. The molecule has 0 fully saturated rings. The lowest BCUT2D eigenvalue weighted by Gasteiger charge is -2.15. The van der Waals surface area contributed by atoms with Crippen LogP contribution in [-0.2, 0) is 0 Å². The van der Waals surface area contributed by atoms with E-state index in [9.17, 15) is 0 Å². The predicted octanol–water partition coefficient (Wildman–Crippen LogP) is 12.3. The van der Waals surface area contributed by atoms with E-state index in [4.69, 9.17) is 23.8 Å². The average molecular weight is 706 g/mol. The maximum Gasteiger partial charge on any atom is 0.164 e. The molecule has 0 aliphatic heterocycles. The Labute approximate surface area is 312 Å². The van der Waals surface area contributed by atoms with Gasteiger partial charge in [-0.2, -0.15) is 0 Å². The van der Waals surface area contributed by atoms with Crippen LogP contribution in [0.2, 0.25) is 0 Å². The van der Waals surface area contributed by atoms with Gasteiger partial charge in [0.15, 0.2) is 23.1 Å². The molecule has 12 aromatic rings. The lowest BCUT2D eigenvalue weighted by Crippen LogP contribution is -2.02. The molecule has 7 nitrogen and oxygen atoms in total. The second-order valence-electron chi connectivity index (χ2n) is 13.8. The summed E-state index contributed by atoms with van der Waals surface area (Å²) in [7, 11) is 0. The topological polar surface area (TPSA) is 82.8 Å². The van der Waals surface area contributed by atoms with Crippen LogP contribution in [0.4, 0.5) is 0 Å². The zero-order valence-corrected chi connectivity index (χ0v) is 29.1. The van der Waals surface area contributed by atoms with E-state index < -0.39 is 0 Å². The van der Waals surface area contributed by atoms with E-state index in [0.717, 1.165) is 82.5 Å². The summed E-state index contributed by atoms with van der Waals surface area (Å²) >= 11 is 0. The Hall–Kier alpha value is -7.64. The summed E-state index contributed by atoms with van der Waals surface area (Å²) in [5, 5.41) is 8.42.